The van der Waals surface area contributed by atoms with Crippen LogP contribution >= 0.6 is 22.9 Å². The molecule has 0 aliphatic carbocycles. The van der Waals surface area contributed by atoms with E-state index in [4.69, 9.17) is 11.6 Å². The number of thiophene rings is 1. The fraction of sp³-hybridized carbons (Fsp3) is 0.100. The summed E-state index contributed by atoms with van der Waals surface area (Å²) in [6.07, 6.45) is -4.89. The van der Waals surface area contributed by atoms with Crippen molar-refractivity contribution in [3.8, 4) is 11.3 Å². The van der Waals surface area contributed by atoms with E-state index in [-0.39, 0.29) is 17.6 Å². The van der Waals surface area contributed by atoms with Gasteiger partial charge in [0, 0.05) is 15.8 Å². The highest BCUT2D eigenvalue weighted by Crippen LogP contribution is 2.34. The molecule has 0 saturated carbocycles. The minimum Gasteiger partial charge on any atom is -0.287 e. The van der Waals surface area contributed by atoms with Crippen LogP contribution in [0, 0.1) is 5.82 Å². The summed E-state index contributed by atoms with van der Waals surface area (Å²) in [6.45, 7) is 0.228. The van der Waals surface area contributed by atoms with E-state index < -0.39 is 28.5 Å². The molecule has 0 radical (unpaired) electrons. The Morgan fingerprint density at radius 2 is 1.79 bits per heavy atom. The normalized spacial score (nSPS) is 11.9. The number of rotatable bonds is 3. The van der Waals surface area contributed by atoms with Crippen molar-refractivity contribution in [2.75, 3.05) is 0 Å². The third kappa shape index (κ3) is 3.65. The summed E-state index contributed by atoms with van der Waals surface area (Å²) in [4.78, 5) is 13.7. The summed E-state index contributed by atoms with van der Waals surface area (Å²) >= 11 is 7.27. The average molecular weight is 439 g/mol. The highest BCUT2D eigenvalue weighted by atomic mass is 35.5. The number of hydrogen-bond donors (Lipinski definition) is 0. The largest absolute Gasteiger partial charge is 0.419 e. The maximum Gasteiger partial charge on any atom is 0.419 e. The van der Waals surface area contributed by atoms with Crippen LogP contribution in [0.3, 0.4) is 0 Å². The predicted octanol–water partition coefficient (Wildman–Crippen LogP) is 5.98. The molecule has 2 aromatic carbocycles. The van der Waals surface area contributed by atoms with Gasteiger partial charge < -0.3 is 0 Å². The van der Waals surface area contributed by atoms with E-state index in [1.807, 2.05) is 0 Å². The van der Waals surface area contributed by atoms with Crippen molar-refractivity contribution in [1.29, 1.82) is 0 Å². The lowest BCUT2D eigenvalue weighted by Crippen LogP contribution is -2.18. The van der Waals surface area contributed by atoms with Crippen molar-refractivity contribution in [2.24, 2.45) is 0 Å². The van der Waals surface area contributed by atoms with Crippen LogP contribution in [0.25, 0.3) is 22.2 Å². The zero-order valence-corrected chi connectivity index (χ0v) is 16.1. The van der Waals surface area contributed by atoms with Crippen LogP contribution in [-0.4, -0.2) is 9.78 Å². The number of halogens is 5. The first-order chi connectivity index (χ1) is 13.8. The number of nitrogens with zero attached hydrogens (tertiary/aromatic N) is 2. The Hall–Kier alpha value is -2.71. The minimum absolute atomic E-state index is 0.228. The molecule has 0 fully saturated rings. The van der Waals surface area contributed by atoms with Crippen molar-refractivity contribution < 1.29 is 17.6 Å². The molecule has 148 valence electrons. The molecular formula is C20H11ClF4N2OS. The van der Waals surface area contributed by atoms with Gasteiger partial charge >= 0.3 is 6.18 Å². The fourth-order valence-corrected chi connectivity index (χ4v) is 4.12. The van der Waals surface area contributed by atoms with Crippen LogP contribution in [0.5, 0.6) is 0 Å². The van der Waals surface area contributed by atoms with E-state index in [9.17, 15) is 22.4 Å². The molecular weight excluding hydrogens is 428 g/mol. The van der Waals surface area contributed by atoms with Crippen molar-refractivity contribution in [2.45, 2.75) is 12.7 Å². The van der Waals surface area contributed by atoms with Gasteiger partial charge in [0.25, 0.3) is 0 Å². The monoisotopic (exact) mass is 438 g/mol. The third-order valence-electron chi connectivity index (χ3n) is 4.36. The zero-order valence-electron chi connectivity index (χ0n) is 14.5. The SMILES string of the molecule is O=c1c(-c2cccc(C(F)(F)F)c2F)nn(Cc2ccc(Cl)s2)c2ccccc12. The molecule has 4 rings (SSSR count). The number of aromatic nitrogens is 2. The van der Waals surface area contributed by atoms with E-state index in [2.05, 4.69) is 5.10 Å². The summed E-state index contributed by atoms with van der Waals surface area (Å²) in [6, 6.07) is 12.8. The van der Waals surface area contributed by atoms with Crippen molar-refractivity contribution in [1.82, 2.24) is 9.78 Å². The van der Waals surface area contributed by atoms with Crippen LogP contribution < -0.4 is 5.43 Å². The lowest BCUT2D eigenvalue weighted by atomic mass is 10.0. The molecule has 9 heteroatoms. The van der Waals surface area contributed by atoms with E-state index in [0.717, 1.165) is 17.0 Å². The second-order valence-corrected chi connectivity index (χ2v) is 8.02. The van der Waals surface area contributed by atoms with Gasteiger partial charge in [0.2, 0.25) is 5.43 Å². The van der Waals surface area contributed by atoms with E-state index in [1.54, 1.807) is 30.3 Å². The maximum absolute atomic E-state index is 14.7. The number of alkyl halides is 3. The van der Waals surface area contributed by atoms with Gasteiger partial charge in [-0.25, -0.2) is 4.39 Å². The molecule has 0 aliphatic rings. The smallest absolute Gasteiger partial charge is 0.287 e. The molecule has 0 aliphatic heterocycles. The Bertz CT molecular complexity index is 1280. The molecule has 0 spiro atoms. The summed E-state index contributed by atoms with van der Waals surface area (Å²) in [5.74, 6) is -1.52. The Morgan fingerprint density at radius 1 is 1.03 bits per heavy atom. The van der Waals surface area contributed by atoms with Crippen LogP contribution in [0.15, 0.2) is 59.4 Å². The van der Waals surface area contributed by atoms with Gasteiger partial charge in [-0.1, -0.05) is 29.8 Å². The fourth-order valence-electron chi connectivity index (χ4n) is 3.05. The molecule has 2 aromatic heterocycles. The molecule has 2 heterocycles. The number of fused-ring (bicyclic) bond motifs is 1. The van der Waals surface area contributed by atoms with Crippen LogP contribution in [0.4, 0.5) is 17.6 Å². The van der Waals surface area contributed by atoms with E-state index >= 15 is 0 Å². The summed E-state index contributed by atoms with van der Waals surface area (Å²) in [7, 11) is 0. The van der Waals surface area contributed by atoms with Crippen LogP contribution in [0.2, 0.25) is 4.34 Å². The first-order valence-electron chi connectivity index (χ1n) is 8.36. The molecule has 0 atom stereocenters. The second-order valence-electron chi connectivity index (χ2n) is 6.22. The highest BCUT2D eigenvalue weighted by Gasteiger charge is 2.35. The van der Waals surface area contributed by atoms with Crippen molar-refractivity contribution in [3.63, 3.8) is 0 Å². The molecule has 0 amide bonds. The van der Waals surface area contributed by atoms with Gasteiger partial charge in [-0.05, 0) is 36.4 Å². The van der Waals surface area contributed by atoms with Crippen molar-refractivity contribution >= 4 is 33.8 Å². The molecule has 0 N–H and O–H groups in total. The maximum atomic E-state index is 14.7. The number of benzene rings is 2. The Morgan fingerprint density at radius 3 is 2.48 bits per heavy atom. The Labute approximate surface area is 170 Å². The summed E-state index contributed by atoms with van der Waals surface area (Å²) < 4.78 is 56.0. The van der Waals surface area contributed by atoms with Gasteiger partial charge in [0.05, 0.1) is 22.0 Å². The molecule has 3 nitrogen and oxygen atoms in total. The average Bonchev–Trinajstić information content (AvgIpc) is 3.08. The van der Waals surface area contributed by atoms with Gasteiger partial charge in [-0.2, -0.15) is 18.3 Å². The summed E-state index contributed by atoms with van der Waals surface area (Å²) in [5, 5.41) is 4.45. The standard InChI is InChI=1S/C20H11ClF4N2OS/c21-16-9-8-11(29-16)10-27-15-7-2-1-4-12(15)19(28)18(26-27)13-5-3-6-14(17(13)22)20(23,24)25/h1-9H,10H2. The first-order valence-corrected chi connectivity index (χ1v) is 9.55. The lowest BCUT2D eigenvalue weighted by Gasteiger charge is -2.14. The highest BCUT2D eigenvalue weighted by molar-refractivity contribution is 7.16. The van der Waals surface area contributed by atoms with Crippen molar-refractivity contribution in [3.05, 3.63) is 85.4 Å². The topological polar surface area (TPSA) is 34.9 Å². The quantitative estimate of drug-likeness (QED) is 0.368. The Balaban J connectivity index is 1.97. The molecule has 29 heavy (non-hydrogen) atoms. The van der Waals surface area contributed by atoms with Gasteiger partial charge in [0.1, 0.15) is 11.5 Å². The first kappa shape index (κ1) is 19.6. The van der Waals surface area contributed by atoms with Gasteiger partial charge in [0.15, 0.2) is 0 Å². The van der Waals surface area contributed by atoms with Crippen LogP contribution in [-0.2, 0) is 12.7 Å². The molecule has 0 saturated heterocycles. The predicted molar refractivity (Wildman–Crippen MR) is 105 cm³/mol. The van der Waals surface area contributed by atoms with Gasteiger partial charge in [-0.15, -0.1) is 11.3 Å². The zero-order chi connectivity index (χ0) is 20.8. The van der Waals surface area contributed by atoms with Crippen LogP contribution in [0.1, 0.15) is 10.4 Å². The number of para-hydroxylation sites is 1. The van der Waals surface area contributed by atoms with E-state index in [1.165, 1.54) is 22.1 Å². The van der Waals surface area contributed by atoms with Gasteiger partial charge in [-0.3, -0.25) is 9.48 Å². The third-order valence-corrected chi connectivity index (χ3v) is 5.57. The minimum atomic E-state index is -4.89. The Kier molecular flexibility index (Phi) is 4.92. The molecule has 0 bridgehead atoms. The number of hydrogen-bond acceptors (Lipinski definition) is 3. The lowest BCUT2D eigenvalue weighted by molar-refractivity contribution is -0.139. The van der Waals surface area contributed by atoms with E-state index in [0.29, 0.717) is 15.9 Å². The molecule has 4 aromatic rings. The second kappa shape index (κ2) is 7.27. The summed E-state index contributed by atoms with van der Waals surface area (Å²) in [5.41, 5.74) is -2.47. The molecule has 0 unspecified atom stereocenters.